The van der Waals surface area contributed by atoms with E-state index in [4.69, 9.17) is 0 Å². The van der Waals surface area contributed by atoms with E-state index in [0.29, 0.717) is 19.5 Å². The number of nitrogens with one attached hydrogen (secondary N) is 1. The molecule has 27 heavy (non-hydrogen) atoms. The summed E-state index contributed by atoms with van der Waals surface area (Å²) in [6.45, 7) is 3.78. The van der Waals surface area contributed by atoms with Crippen LogP contribution < -0.4 is 5.32 Å². The van der Waals surface area contributed by atoms with E-state index in [0.717, 1.165) is 17.7 Å². The molecule has 1 saturated heterocycles. The number of carbonyl (C=O) groups excluding carboxylic acids is 1. The Hall–Kier alpha value is -2.66. The van der Waals surface area contributed by atoms with Gasteiger partial charge in [0.2, 0.25) is 5.91 Å². The van der Waals surface area contributed by atoms with Crippen molar-refractivity contribution >= 4 is 11.9 Å². The summed E-state index contributed by atoms with van der Waals surface area (Å²) in [6, 6.07) is 19.6. The summed E-state index contributed by atoms with van der Waals surface area (Å²) >= 11 is 0. The van der Waals surface area contributed by atoms with Gasteiger partial charge in [-0.1, -0.05) is 67.6 Å². The number of carbonyl (C=O) groups is 2. The summed E-state index contributed by atoms with van der Waals surface area (Å²) < 4.78 is 0. The lowest BCUT2D eigenvalue weighted by molar-refractivity contribution is -0.142. The van der Waals surface area contributed by atoms with Gasteiger partial charge in [0.25, 0.3) is 0 Å². The maximum Gasteiger partial charge on any atom is 0.308 e. The van der Waals surface area contributed by atoms with Gasteiger partial charge < -0.3 is 15.3 Å². The van der Waals surface area contributed by atoms with Crippen molar-refractivity contribution in [3.05, 3.63) is 71.8 Å². The maximum absolute atomic E-state index is 12.6. The molecule has 1 heterocycles. The fourth-order valence-electron chi connectivity index (χ4n) is 3.71. The highest BCUT2D eigenvalue weighted by Gasteiger charge is 2.34. The molecular weight excluding hydrogens is 340 g/mol. The Morgan fingerprint density at radius 3 is 2.07 bits per heavy atom. The zero-order chi connectivity index (χ0) is 19.2. The van der Waals surface area contributed by atoms with Crippen molar-refractivity contribution in [1.82, 2.24) is 10.2 Å². The Morgan fingerprint density at radius 2 is 1.59 bits per heavy atom. The van der Waals surface area contributed by atoms with Crippen LogP contribution in [0.25, 0.3) is 0 Å². The number of nitrogens with zero attached hydrogens (tertiary/aromatic N) is 1. The molecule has 5 nitrogen and oxygen atoms in total. The third kappa shape index (κ3) is 4.95. The van der Waals surface area contributed by atoms with Crippen LogP contribution in [0.1, 0.15) is 30.5 Å². The predicted molar refractivity (Wildman–Crippen MR) is 104 cm³/mol. The van der Waals surface area contributed by atoms with Crippen LogP contribution in [-0.2, 0) is 9.59 Å². The minimum absolute atomic E-state index is 0.0286. The van der Waals surface area contributed by atoms with Crippen molar-refractivity contribution in [3.8, 4) is 0 Å². The summed E-state index contributed by atoms with van der Waals surface area (Å²) in [7, 11) is 0. The van der Waals surface area contributed by atoms with Crippen LogP contribution in [0.3, 0.4) is 0 Å². The van der Waals surface area contributed by atoms with Crippen LogP contribution in [0.5, 0.6) is 0 Å². The van der Waals surface area contributed by atoms with Gasteiger partial charge >= 0.3 is 5.97 Å². The summed E-state index contributed by atoms with van der Waals surface area (Å²) in [5, 5.41) is 12.4. The fourth-order valence-corrected chi connectivity index (χ4v) is 3.71. The number of hydrogen-bond acceptors (Lipinski definition) is 3. The summed E-state index contributed by atoms with van der Waals surface area (Å²) in [4.78, 5) is 25.9. The molecule has 0 spiro atoms. The fraction of sp³-hybridized carbons (Fsp3) is 0.364. The average Bonchev–Trinajstić information content (AvgIpc) is 3.07. The molecular formula is C22H26N2O3. The minimum Gasteiger partial charge on any atom is -0.481 e. The first-order chi connectivity index (χ1) is 13.0. The number of hydrogen-bond donors (Lipinski definition) is 2. The van der Waals surface area contributed by atoms with E-state index in [2.05, 4.69) is 10.2 Å². The molecule has 2 aromatic carbocycles. The second kappa shape index (κ2) is 8.82. The van der Waals surface area contributed by atoms with Gasteiger partial charge in [0.15, 0.2) is 0 Å². The van der Waals surface area contributed by atoms with Gasteiger partial charge in [-0.3, -0.25) is 9.59 Å². The lowest BCUT2D eigenvalue weighted by atomic mass is 9.98. The summed E-state index contributed by atoms with van der Waals surface area (Å²) in [5.74, 6) is -0.997. The molecule has 5 heteroatoms. The Labute approximate surface area is 160 Å². The van der Waals surface area contributed by atoms with Crippen LogP contribution in [0.15, 0.2) is 60.7 Å². The van der Waals surface area contributed by atoms with Crippen molar-refractivity contribution < 1.29 is 14.7 Å². The highest BCUT2D eigenvalue weighted by atomic mass is 16.4. The topological polar surface area (TPSA) is 69.6 Å². The third-order valence-corrected chi connectivity index (χ3v) is 5.23. The van der Waals surface area contributed by atoms with E-state index in [1.54, 1.807) is 0 Å². The van der Waals surface area contributed by atoms with Crippen molar-refractivity contribution in [2.24, 2.45) is 11.8 Å². The monoisotopic (exact) mass is 366 g/mol. The largest absolute Gasteiger partial charge is 0.481 e. The highest BCUT2D eigenvalue weighted by Crippen LogP contribution is 2.24. The molecule has 2 atom stereocenters. The van der Waals surface area contributed by atoms with Crippen molar-refractivity contribution in [2.75, 3.05) is 19.6 Å². The number of rotatable bonds is 7. The number of carboxylic acids is 1. The molecule has 2 aromatic rings. The average molecular weight is 366 g/mol. The van der Waals surface area contributed by atoms with E-state index in [-0.39, 0.29) is 23.8 Å². The smallest absolute Gasteiger partial charge is 0.308 e. The number of carboxylic acid groups (broad SMARTS) is 1. The quantitative estimate of drug-likeness (QED) is 0.790. The molecule has 1 amide bonds. The van der Waals surface area contributed by atoms with Crippen LogP contribution in [0, 0.1) is 11.8 Å². The van der Waals surface area contributed by atoms with Crippen molar-refractivity contribution in [1.29, 1.82) is 0 Å². The van der Waals surface area contributed by atoms with Crippen molar-refractivity contribution in [2.45, 2.75) is 19.4 Å². The van der Waals surface area contributed by atoms with E-state index >= 15 is 0 Å². The van der Waals surface area contributed by atoms with Crippen LogP contribution in [0.2, 0.25) is 0 Å². The second-order valence-electron chi connectivity index (χ2n) is 7.25. The summed E-state index contributed by atoms with van der Waals surface area (Å²) in [5.41, 5.74) is 2.08. The number of likely N-dealkylation sites (tertiary alicyclic amines) is 1. The zero-order valence-corrected chi connectivity index (χ0v) is 15.5. The third-order valence-electron chi connectivity index (χ3n) is 5.23. The van der Waals surface area contributed by atoms with Gasteiger partial charge in [0.1, 0.15) is 0 Å². The molecule has 1 aliphatic heterocycles. The minimum atomic E-state index is -0.748. The van der Waals surface area contributed by atoms with Gasteiger partial charge in [-0.2, -0.15) is 0 Å². The van der Waals surface area contributed by atoms with Crippen molar-refractivity contribution in [3.63, 3.8) is 0 Å². The normalized spacial score (nSPS) is 19.9. The highest BCUT2D eigenvalue weighted by molar-refractivity contribution is 5.77. The Bertz CT molecular complexity index is 724. The maximum atomic E-state index is 12.6. The van der Waals surface area contributed by atoms with Gasteiger partial charge in [0, 0.05) is 26.1 Å². The van der Waals surface area contributed by atoms with E-state index in [1.807, 2.05) is 67.6 Å². The first-order valence-electron chi connectivity index (χ1n) is 9.39. The molecule has 0 unspecified atom stereocenters. The lowest BCUT2D eigenvalue weighted by Crippen LogP contribution is -2.33. The predicted octanol–water partition coefficient (Wildman–Crippen LogP) is 2.93. The molecule has 142 valence electrons. The molecule has 3 rings (SSSR count). The van der Waals surface area contributed by atoms with E-state index < -0.39 is 5.97 Å². The lowest BCUT2D eigenvalue weighted by Gasteiger charge is -2.21. The number of amides is 1. The van der Waals surface area contributed by atoms with Gasteiger partial charge in [-0.25, -0.2) is 0 Å². The molecule has 0 aliphatic carbocycles. The molecule has 0 bridgehead atoms. The molecule has 1 aliphatic rings. The van der Waals surface area contributed by atoms with E-state index in [1.165, 1.54) is 0 Å². The molecule has 0 radical (unpaired) electrons. The molecule has 0 aromatic heterocycles. The first-order valence-corrected chi connectivity index (χ1v) is 9.39. The van der Waals surface area contributed by atoms with Crippen LogP contribution in [0.4, 0.5) is 0 Å². The van der Waals surface area contributed by atoms with Crippen LogP contribution >= 0.6 is 0 Å². The van der Waals surface area contributed by atoms with E-state index in [9.17, 15) is 14.7 Å². The number of aliphatic carboxylic acids is 1. The molecule has 1 fully saturated rings. The van der Waals surface area contributed by atoms with Crippen LogP contribution in [-0.4, -0.2) is 41.5 Å². The molecule has 0 saturated carbocycles. The SMILES string of the molecule is C[C@@H]1CN(CCC(=O)NC(c2ccccc2)c2ccccc2)C[C@H]1C(=O)O. The van der Waals surface area contributed by atoms with Gasteiger partial charge in [0.05, 0.1) is 12.0 Å². The Balaban J connectivity index is 1.61. The second-order valence-corrected chi connectivity index (χ2v) is 7.25. The number of benzene rings is 2. The Morgan fingerprint density at radius 1 is 1.04 bits per heavy atom. The Kier molecular flexibility index (Phi) is 6.24. The first kappa shape index (κ1) is 19.1. The zero-order valence-electron chi connectivity index (χ0n) is 15.5. The van der Waals surface area contributed by atoms with Gasteiger partial charge in [-0.05, 0) is 17.0 Å². The molecule has 2 N–H and O–H groups in total. The summed E-state index contributed by atoms with van der Waals surface area (Å²) in [6.07, 6.45) is 0.356. The standard InChI is InChI=1S/C22H26N2O3/c1-16-14-24(15-19(16)22(26)27)13-12-20(25)23-21(17-8-4-2-5-9-17)18-10-6-3-7-11-18/h2-11,16,19,21H,12-15H2,1H3,(H,23,25)(H,26,27)/t16-,19-/m1/s1. The van der Waals surface area contributed by atoms with Gasteiger partial charge in [-0.15, -0.1) is 0 Å².